The van der Waals surface area contributed by atoms with Crippen LogP contribution in [0.2, 0.25) is 0 Å². The van der Waals surface area contributed by atoms with E-state index in [1.165, 1.54) is 12.1 Å². The number of fused-ring (bicyclic) bond motifs is 1. The molecule has 1 aliphatic heterocycles. The summed E-state index contributed by atoms with van der Waals surface area (Å²) in [4.78, 5) is 19.4. The van der Waals surface area contributed by atoms with E-state index in [2.05, 4.69) is 4.52 Å². The fraction of sp³-hybridized carbons (Fsp3) is 0.0667. The van der Waals surface area contributed by atoms with Crippen LogP contribution in [0.5, 0.6) is 17.2 Å². The van der Waals surface area contributed by atoms with Crippen LogP contribution in [-0.2, 0) is 4.57 Å². The van der Waals surface area contributed by atoms with E-state index in [0.29, 0.717) is 12.4 Å². The summed E-state index contributed by atoms with van der Waals surface area (Å²) in [6, 6.07) is 11.2. The van der Waals surface area contributed by atoms with Crippen molar-refractivity contribution in [3.05, 3.63) is 53.6 Å². The SMILES string of the molecule is O=P([O-])(O)Oc1ccc2c(c1)OCC(c1ccc(O)cc1)=C2.[Na+]. The topological polar surface area (TPSA) is 99.1 Å². The van der Waals surface area contributed by atoms with Gasteiger partial charge >= 0.3 is 37.4 Å². The molecule has 8 heteroatoms. The number of hydrogen-bond acceptors (Lipinski definition) is 5. The Kier molecular flexibility index (Phi) is 5.57. The molecule has 0 radical (unpaired) electrons. The number of rotatable bonds is 3. The zero-order valence-corrected chi connectivity index (χ0v) is 15.2. The van der Waals surface area contributed by atoms with Crippen LogP contribution in [0.4, 0.5) is 0 Å². The summed E-state index contributed by atoms with van der Waals surface area (Å²) in [6.45, 7) is 0.301. The number of benzene rings is 2. The Bertz CT molecular complexity index is 781. The molecule has 0 spiro atoms. The number of phenols is 1. The summed E-state index contributed by atoms with van der Waals surface area (Å²) < 4.78 is 20.7. The van der Waals surface area contributed by atoms with Crippen LogP contribution in [0.3, 0.4) is 0 Å². The summed E-state index contributed by atoms with van der Waals surface area (Å²) in [5.41, 5.74) is 2.61. The molecule has 0 aliphatic carbocycles. The van der Waals surface area contributed by atoms with E-state index in [1.54, 1.807) is 30.3 Å². The standard InChI is InChI=1S/C15H13O6P.Na/c16-13-4-1-10(2-5-13)12-7-11-3-6-14(21-22(17,18)19)8-15(11)20-9-12;/h1-8,16H,9H2,(H2,17,18,19);/q;+1/p-1. The van der Waals surface area contributed by atoms with Gasteiger partial charge in [-0.25, -0.2) is 0 Å². The molecule has 1 atom stereocenters. The van der Waals surface area contributed by atoms with Crippen LogP contribution in [0.15, 0.2) is 42.5 Å². The molecule has 2 aromatic rings. The fourth-order valence-electron chi connectivity index (χ4n) is 2.18. The van der Waals surface area contributed by atoms with Gasteiger partial charge in [-0.05, 0) is 41.5 Å². The van der Waals surface area contributed by atoms with Gasteiger partial charge in [0.1, 0.15) is 23.9 Å². The van der Waals surface area contributed by atoms with Crippen molar-refractivity contribution in [2.24, 2.45) is 0 Å². The molecule has 1 unspecified atom stereocenters. The molecule has 1 aliphatic rings. The Morgan fingerprint density at radius 1 is 1.17 bits per heavy atom. The maximum Gasteiger partial charge on any atom is 1.00 e. The largest absolute Gasteiger partial charge is 1.00 e. The van der Waals surface area contributed by atoms with E-state index in [4.69, 9.17) is 9.63 Å². The Balaban J connectivity index is 0.00000192. The predicted octanol–water partition coefficient (Wildman–Crippen LogP) is -0.831. The van der Waals surface area contributed by atoms with Gasteiger partial charge < -0.3 is 24.2 Å². The molecule has 0 aromatic heterocycles. The Hall–Kier alpha value is -1.27. The molecular weight excluding hydrogens is 330 g/mol. The van der Waals surface area contributed by atoms with Gasteiger partial charge in [0.05, 0.1) is 0 Å². The van der Waals surface area contributed by atoms with Crippen molar-refractivity contribution in [3.63, 3.8) is 0 Å². The van der Waals surface area contributed by atoms with Crippen molar-refractivity contribution in [1.82, 2.24) is 0 Å². The van der Waals surface area contributed by atoms with Gasteiger partial charge in [0.25, 0.3) is 0 Å². The normalized spacial score (nSPS) is 15.3. The van der Waals surface area contributed by atoms with E-state index in [-0.39, 0.29) is 41.1 Å². The van der Waals surface area contributed by atoms with E-state index in [1.807, 2.05) is 6.08 Å². The van der Waals surface area contributed by atoms with Crippen LogP contribution in [0, 0.1) is 0 Å². The minimum atomic E-state index is -4.83. The molecule has 0 fully saturated rings. The van der Waals surface area contributed by atoms with Gasteiger partial charge in [0.2, 0.25) is 0 Å². The first-order valence-corrected chi connectivity index (χ1v) is 7.90. The molecule has 1 heterocycles. The van der Waals surface area contributed by atoms with Crippen molar-refractivity contribution >= 4 is 19.5 Å². The summed E-state index contributed by atoms with van der Waals surface area (Å²) >= 11 is 0. The third-order valence-electron chi connectivity index (χ3n) is 3.16. The first kappa shape index (κ1) is 18.1. The third kappa shape index (κ3) is 4.61. The van der Waals surface area contributed by atoms with Crippen LogP contribution in [0.25, 0.3) is 11.6 Å². The number of aromatic hydroxyl groups is 1. The monoisotopic (exact) mass is 342 g/mol. The minimum Gasteiger partial charge on any atom is -0.746 e. The van der Waals surface area contributed by atoms with Gasteiger partial charge in [-0.3, -0.25) is 4.57 Å². The molecule has 0 amide bonds. The first-order valence-electron chi connectivity index (χ1n) is 6.41. The third-order valence-corrected chi connectivity index (χ3v) is 3.60. The maximum atomic E-state index is 10.7. The molecule has 3 rings (SSSR count). The Morgan fingerprint density at radius 3 is 2.52 bits per heavy atom. The van der Waals surface area contributed by atoms with Gasteiger partial charge in [0.15, 0.2) is 0 Å². The van der Waals surface area contributed by atoms with Crippen LogP contribution in [0.1, 0.15) is 11.1 Å². The second-order valence-corrected chi connectivity index (χ2v) is 5.88. The van der Waals surface area contributed by atoms with Crippen LogP contribution in [-0.4, -0.2) is 16.6 Å². The predicted molar refractivity (Wildman–Crippen MR) is 78.4 cm³/mol. The van der Waals surface area contributed by atoms with E-state index in [0.717, 1.165) is 16.7 Å². The molecule has 114 valence electrons. The second kappa shape index (κ2) is 7.09. The molecule has 0 saturated carbocycles. The maximum absolute atomic E-state index is 10.7. The van der Waals surface area contributed by atoms with Crippen LogP contribution < -0.4 is 43.7 Å². The zero-order valence-electron chi connectivity index (χ0n) is 12.3. The number of hydrogen-bond donors (Lipinski definition) is 2. The number of phosphoric ester groups is 1. The van der Waals surface area contributed by atoms with Crippen LogP contribution >= 0.6 is 7.82 Å². The summed E-state index contributed by atoms with van der Waals surface area (Å²) in [5.74, 6) is 0.642. The average molecular weight is 342 g/mol. The molecule has 23 heavy (non-hydrogen) atoms. The van der Waals surface area contributed by atoms with Gasteiger partial charge in [0, 0.05) is 11.6 Å². The minimum absolute atomic E-state index is 0. The van der Waals surface area contributed by atoms with Gasteiger partial charge in [-0.2, -0.15) is 0 Å². The first-order chi connectivity index (χ1) is 10.4. The molecule has 0 saturated heterocycles. The molecule has 0 bridgehead atoms. The summed E-state index contributed by atoms with van der Waals surface area (Å²) in [6.07, 6.45) is 1.91. The molecule has 2 aromatic carbocycles. The average Bonchev–Trinajstić information content (AvgIpc) is 2.46. The second-order valence-electron chi connectivity index (χ2n) is 4.76. The Morgan fingerprint density at radius 2 is 1.87 bits per heavy atom. The van der Waals surface area contributed by atoms with E-state index >= 15 is 0 Å². The number of phenolic OH excluding ortho intramolecular Hbond substituents is 1. The smallest absolute Gasteiger partial charge is 0.746 e. The molecule has 6 nitrogen and oxygen atoms in total. The molecular formula is C15H12NaO6P. The molecule has 2 N–H and O–H groups in total. The summed E-state index contributed by atoms with van der Waals surface area (Å²) in [5, 5.41) is 9.30. The van der Waals surface area contributed by atoms with Crippen molar-refractivity contribution in [1.29, 1.82) is 0 Å². The van der Waals surface area contributed by atoms with Crippen molar-refractivity contribution in [3.8, 4) is 17.2 Å². The van der Waals surface area contributed by atoms with Gasteiger partial charge in [-0.1, -0.05) is 12.1 Å². The summed E-state index contributed by atoms with van der Waals surface area (Å²) in [7, 11) is -4.83. The fourth-order valence-corrected chi connectivity index (χ4v) is 2.56. The van der Waals surface area contributed by atoms with Crippen molar-refractivity contribution in [2.75, 3.05) is 6.61 Å². The van der Waals surface area contributed by atoms with Gasteiger partial charge in [-0.15, -0.1) is 0 Å². The van der Waals surface area contributed by atoms with E-state index in [9.17, 15) is 14.6 Å². The Labute approximate surface area is 154 Å². The number of phosphoric acid groups is 1. The quantitative estimate of drug-likeness (QED) is 0.558. The van der Waals surface area contributed by atoms with E-state index < -0.39 is 7.82 Å². The van der Waals surface area contributed by atoms with Crippen molar-refractivity contribution in [2.45, 2.75) is 0 Å². The number of ether oxygens (including phenoxy) is 1. The zero-order chi connectivity index (χ0) is 15.7. The van der Waals surface area contributed by atoms with Crippen molar-refractivity contribution < 1.29 is 58.3 Å².